The smallest absolute Gasteiger partial charge is 0.248 e. The molecule has 2 heterocycles. The average Bonchev–Trinajstić information content (AvgIpc) is 3.50. The number of fused-ring (bicyclic) bond motifs is 1. The van der Waals surface area contributed by atoms with Crippen LogP contribution in [0.25, 0.3) is 22.2 Å². The number of primary amides is 1. The number of ether oxygens (including phenoxy) is 2. The van der Waals surface area contributed by atoms with Crippen molar-refractivity contribution in [2.75, 3.05) is 12.4 Å². The fourth-order valence-corrected chi connectivity index (χ4v) is 4.24. The number of H-pyrrole nitrogens is 1. The third kappa shape index (κ3) is 4.19. The van der Waals surface area contributed by atoms with Gasteiger partial charge in [0.2, 0.25) is 17.7 Å². The summed E-state index contributed by atoms with van der Waals surface area (Å²) in [7, 11) is 1.51. The summed E-state index contributed by atoms with van der Waals surface area (Å²) in [5.41, 5.74) is 8.72. The lowest BCUT2D eigenvalue weighted by molar-refractivity contribution is 0.1000. The van der Waals surface area contributed by atoms with E-state index in [0.29, 0.717) is 34.5 Å². The highest BCUT2D eigenvalue weighted by molar-refractivity contribution is 5.98. The molecule has 0 bridgehead atoms. The molecule has 0 aliphatic heterocycles. The zero-order chi connectivity index (χ0) is 23.7. The molecule has 1 aliphatic rings. The first-order valence-electron chi connectivity index (χ1n) is 11.1. The number of aromatic hydroxyl groups is 1. The molecular weight excluding hydrogens is 434 g/mol. The molecule has 9 nitrogen and oxygen atoms in total. The minimum atomic E-state index is -0.539. The minimum absolute atomic E-state index is 0.0953. The van der Waals surface area contributed by atoms with Crippen LogP contribution < -0.4 is 20.5 Å². The second-order valence-corrected chi connectivity index (χ2v) is 8.25. The molecule has 1 saturated carbocycles. The molecule has 2 aromatic carbocycles. The van der Waals surface area contributed by atoms with Gasteiger partial charge in [0.1, 0.15) is 23.3 Å². The molecule has 174 valence electrons. The normalized spacial score (nSPS) is 13.8. The van der Waals surface area contributed by atoms with Crippen molar-refractivity contribution in [1.29, 1.82) is 0 Å². The topological polar surface area (TPSA) is 135 Å². The minimum Gasteiger partial charge on any atom is -0.508 e. The third-order valence-corrected chi connectivity index (χ3v) is 5.99. The number of hydrogen-bond acceptors (Lipinski definition) is 7. The lowest BCUT2D eigenvalue weighted by Gasteiger charge is -2.16. The molecule has 4 aromatic rings. The van der Waals surface area contributed by atoms with Gasteiger partial charge in [0.15, 0.2) is 0 Å². The van der Waals surface area contributed by atoms with Crippen molar-refractivity contribution in [3.8, 4) is 28.5 Å². The first-order valence-corrected chi connectivity index (χ1v) is 11.1. The van der Waals surface area contributed by atoms with Crippen LogP contribution in [0.5, 0.6) is 17.4 Å². The Bertz CT molecular complexity index is 1340. The highest BCUT2D eigenvalue weighted by Gasteiger charge is 2.22. The maximum absolute atomic E-state index is 11.5. The van der Waals surface area contributed by atoms with Crippen molar-refractivity contribution in [2.45, 2.75) is 31.8 Å². The Morgan fingerprint density at radius 1 is 1.15 bits per heavy atom. The van der Waals surface area contributed by atoms with E-state index in [2.05, 4.69) is 15.3 Å². The quantitative estimate of drug-likeness (QED) is 0.319. The van der Waals surface area contributed by atoms with Crippen molar-refractivity contribution >= 4 is 28.6 Å². The molecule has 5 rings (SSSR count). The van der Waals surface area contributed by atoms with Crippen molar-refractivity contribution < 1.29 is 19.4 Å². The standard InChI is InChI=1S/C25H25N5O4/c1-33-20-12-15(22(26)32)8-11-19(20)28-25-29-23-21(24(30-25)34-17-4-2-3-5-17)18(13-27-23)14-6-9-16(31)10-7-14/h6-13,17,31H,2-5H2,1H3,(H2,26,32)(H2,27,28,29,30). The Labute approximate surface area is 195 Å². The molecular formula is C25H25N5O4. The van der Waals surface area contributed by atoms with Gasteiger partial charge in [0.05, 0.1) is 18.2 Å². The Morgan fingerprint density at radius 2 is 1.91 bits per heavy atom. The number of rotatable bonds is 7. The number of phenols is 1. The molecule has 0 atom stereocenters. The number of carbonyl (C=O) groups excluding carboxylic acids is 1. The zero-order valence-electron chi connectivity index (χ0n) is 18.7. The van der Waals surface area contributed by atoms with Gasteiger partial charge in [-0.25, -0.2) is 0 Å². The van der Waals surface area contributed by atoms with E-state index in [4.69, 9.17) is 20.2 Å². The fourth-order valence-electron chi connectivity index (χ4n) is 4.24. The first kappa shape index (κ1) is 21.6. The maximum Gasteiger partial charge on any atom is 0.248 e. The molecule has 1 fully saturated rings. The van der Waals surface area contributed by atoms with Crippen LogP contribution in [0.1, 0.15) is 36.0 Å². The molecule has 2 aromatic heterocycles. The van der Waals surface area contributed by atoms with Gasteiger partial charge in [-0.1, -0.05) is 12.1 Å². The van der Waals surface area contributed by atoms with E-state index in [1.165, 1.54) is 7.11 Å². The van der Waals surface area contributed by atoms with Gasteiger partial charge in [-0.05, 0) is 61.6 Å². The predicted octanol–water partition coefficient (Wildman–Crippen LogP) is 4.50. The van der Waals surface area contributed by atoms with Crippen LogP contribution in [0.4, 0.5) is 11.6 Å². The van der Waals surface area contributed by atoms with E-state index < -0.39 is 5.91 Å². The van der Waals surface area contributed by atoms with Gasteiger partial charge in [-0.15, -0.1) is 0 Å². The maximum atomic E-state index is 11.5. The van der Waals surface area contributed by atoms with Crippen molar-refractivity contribution in [2.24, 2.45) is 5.73 Å². The second-order valence-electron chi connectivity index (χ2n) is 8.25. The lowest BCUT2D eigenvalue weighted by Crippen LogP contribution is -2.13. The molecule has 1 amide bonds. The number of nitrogens with zero attached hydrogens (tertiary/aromatic N) is 2. The van der Waals surface area contributed by atoms with E-state index in [0.717, 1.165) is 42.2 Å². The summed E-state index contributed by atoms with van der Waals surface area (Å²) >= 11 is 0. The van der Waals surface area contributed by atoms with E-state index >= 15 is 0 Å². The van der Waals surface area contributed by atoms with Gasteiger partial charge in [-0.2, -0.15) is 9.97 Å². The number of phenolic OH excluding ortho intramolecular Hbond substituents is 1. The number of carbonyl (C=O) groups is 1. The van der Waals surface area contributed by atoms with Gasteiger partial charge in [-0.3, -0.25) is 4.79 Å². The summed E-state index contributed by atoms with van der Waals surface area (Å²) in [4.78, 5) is 24.1. The summed E-state index contributed by atoms with van der Waals surface area (Å²) in [6.07, 6.45) is 6.18. The Hall–Kier alpha value is -4.27. The van der Waals surface area contributed by atoms with E-state index in [1.54, 1.807) is 30.3 Å². The van der Waals surface area contributed by atoms with Crippen LogP contribution >= 0.6 is 0 Å². The largest absolute Gasteiger partial charge is 0.508 e. The molecule has 1 aliphatic carbocycles. The number of benzene rings is 2. The molecule has 0 spiro atoms. The lowest BCUT2D eigenvalue weighted by atomic mass is 10.1. The Kier molecular flexibility index (Phi) is 5.67. The molecule has 9 heteroatoms. The predicted molar refractivity (Wildman–Crippen MR) is 129 cm³/mol. The van der Waals surface area contributed by atoms with E-state index in [1.807, 2.05) is 18.3 Å². The molecule has 0 radical (unpaired) electrons. The van der Waals surface area contributed by atoms with Gasteiger partial charge >= 0.3 is 0 Å². The number of aromatic amines is 1. The highest BCUT2D eigenvalue weighted by Crippen LogP contribution is 2.37. The van der Waals surface area contributed by atoms with Gasteiger partial charge in [0, 0.05) is 17.3 Å². The Balaban J connectivity index is 1.57. The van der Waals surface area contributed by atoms with Crippen LogP contribution in [0.2, 0.25) is 0 Å². The summed E-state index contributed by atoms with van der Waals surface area (Å²) in [5.74, 6) is 0.906. The summed E-state index contributed by atoms with van der Waals surface area (Å²) in [6, 6.07) is 11.8. The molecule has 0 saturated heterocycles. The summed E-state index contributed by atoms with van der Waals surface area (Å²) in [5, 5.41) is 13.6. The number of amides is 1. The van der Waals surface area contributed by atoms with Crippen LogP contribution in [0.3, 0.4) is 0 Å². The first-order chi connectivity index (χ1) is 16.5. The van der Waals surface area contributed by atoms with Crippen LogP contribution in [0.15, 0.2) is 48.7 Å². The van der Waals surface area contributed by atoms with Crippen LogP contribution in [-0.2, 0) is 0 Å². The molecule has 0 unspecified atom stereocenters. The number of aromatic nitrogens is 3. The number of nitrogens with one attached hydrogen (secondary N) is 2. The van der Waals surface area contributed by atoms with Crippen molar-refractivity contribution in [3.05, 3.63) is 54.2 Å². The van der Waals surface area contributed by atoms with Crippen LogP contribution in [-0.4, -0.2) is 39.2 Å². The molecule has 5 N–H and O–H groups in total. The summed E-state index contributed by atoms with van der Waals surface area (Å²) < 4.78 is 11.8. The fraction of sp³-hybridized carbons (Fsp3) is 0.240. The van der Waals surface area contributed by atoms with Gasteiger partial charge in [0.25, 0.3) is 0 Å². The molecule has 34 heavy (non-hydrogen) atoms. The van der Waals surface area contributed by atoms with Crippen molar-refractivity contribution in [3.63, 3.8) is 0 Å². The van der Waals surface area contributed by atoms with E-state index in [-0.39, 0.29) is 11.9 Å². The monoisotopic (exact) mass is 459 g/mol. The zero-order valence-corrected chi connectivity index (χ0v) is 18.7. The Morgan fingerprint density at radius 3 is 2.62 bits per heavy atom. The third-order valence-electron chi connectivity index (χ3n) is 5.99. The number of anilines is 2. The second kappa shape index (κ2) is 8.93. The number of methoxy groups -OCH3 is 1. The average molecular weight is 460 g/mol. The number of hydrogen-bond donors (Lipinski definition) is 4. The number of nitrogens with two attached hydrogens (primary N) is 1. The van der Waals surface area contributed by atoms with Gasteiger partial charge < -0.3 is 30.6 Å². The van der Waals surface area contributed by atoms with Crippen LogP contribution in [0, 0.1) is 0 Å². The highest BCUT2D eigenvalue weighted by atomic mass is 16.5. The van der Waals surface area contributed by atoms with Crippen molar-refractivity contribution in [1.82, 2.24) is 15.0 Å². The van der Waals surface area contributed by atoms with E-state index in [9.17, 15) is 9.90 Å². The SMILES string of the molecule is COc1cc(C(N)=O)ccc1Nc1nc(OC2CCCC2)c2c(-c3ccc(O)cc3)c[nH]c2n1. The summed E-state index contributed by atoms with van der Waals surface area (Å²) in [6.45, 7) is 0.